The standard InChI is InChI=1S/C28H30N4O3/c1-34-24-10-8-21(9-11-24)15-32-18-25(35-20-22-5-4-12-29-13-22)17-31(19-28(32)33)16-23-14-30-27-7-3-2-6-26(23)27/h2-14,25,30H,15-20H2,1H3/t25-/m1/s1. The van der Waals surface area contributed by atoms with Crippen LogP contribution in [0.15, 0.2) is 79.3 Å². The number of pyridine rings is 1. The monoisotopic (exact) mass is 470 g/mol. The van der Waals surface area contributed by atoms with Gasteiger partial charge in [0.2, 0.25) is 5.91 Å². The van der Waals surface area contributed by atoms with Crippen LogP contribution in [0.3, 0.4) is 0 Å². The van der Waals surface area contributed by atoms with Gasteiger partial charge in [0.15, 0.2) is 0 Å². The van der Waals surface area contributed by atoms with Crippen LogP contribution in [0.5, 0.6) is 5.75 Å². The van der Waals surface area contributed by atoms with Gasteiger partial charge in [0.1, 0.15) is 5.75 Å². The summed E-state index contributed by atoms with van der Waals surface area (Å²) < 4.78 is 11.6. The summed E-state index contributed by atoms with van der Waals surface area (Å²) in [4.78, 5) is 25.0. The van der Waals surface area contributed by atoms with Crippen LogP contribution in [0, 0.1) is 0 Å². The van der Waals surface area contributed by atoms with Crippen molar-refractivity contribution in [1.82, 2.24) is 19.8 Å². The number of aromatic nitrogens is 2. The van der Waals surface area contributed by atoms with E-state index in [2.05, 4.69) is 27.0 Å². The van der Waals surface area contributed by atoms with Crippen molar-refractivity contribution >= 4 is 16.8 Å². The molecular weight excluding hydrogens is 440 g/mol. The topological polar surface area (TPSA) is 70.7 Å². The molecular formula is C28H30N4O3. The van der Waals surface area contributed by atoms with E-state index in [9.17, 15) is 4.79 Å². The molecule has 2 aromatic carbocycles. The highest BCUT2D eigenvalue weighted by Crippen LogP contribution is 2.22. The van der Waals surface area contributed by atoms with Gasteiger partial charge in [-0.15, -0.1) is 0 Å². The predicted molar refractivity (Wildman–Crippen MR) is 135 cm³/mol. The maximum atomic E-state index is 13.4. The summed E-state index contributed by atoms with van der Waals surface area (Å²) in [6.07, 6.45) is 5.50. The van der Waals surface area contributed by atoms with Crippen LogP contribution in [0.25, 0.3) is 10.9 Å². The summed E-state index contributed by atoms with van der Waals surface area (Å²) in [5.74, 6) is 0.909. The van der Waals surface area contributed by atoms with Gasteiger partial charge in [-0.2, -0.15) is 0 Å². The number of benzene rings is 2. The molecule has 7 heteroatoms. The summed E-state index contributed by atoms with van der Waals surface area (Å²) >= 11 is 0. The number of nitrogens with zero attached hydrogens (tertiary/aromatic N) is 3. The minimum Gasteiger partial charge on any atom is -0.497 e. The Hall–Kier alpha value is -3.68. The molecule has 5 rings (SSSR count). The molecule has 3 heterocycles. The van der Waals surface area contributed by atoms with E-state index in [0.29, 0.717) is 39.3 Å². The molecule has 0 saturated carbocycles. The Kier molecular flexibility index (Phi) is 7.07. The molecule has 0 aliphatic carbocycles. The van der Waals surface area contributed by atoms with Gasteiger partial charge < -0.3 is 19.4 Å². The zero-order valence-electron chi connectivity index (χ0n) is 19.9. The Morgan fingerprint density at radius 1 is 1.00 bits per heavy atom. The van der Waals surface area contributed by atoms with Crippen molar-refractivity contribution in [3.05, 3.63) is 95.9 Å². The first-order valence-corrected chi connectivity index (χ1v) is 11.9. The molecule has 0 unspecified atom stereocenters. The van der Waals surface area contributed by atoms with Crippen LogP contribution < -0.4 is 4.74 Å². The lowest BCUT2D eigenvalue weighted by Crippen LogP contribution is -2.37. The summed E-state index contributed by atoms with van der Waals surface area (Å²) in [7, 11) is 1.65. The maximum Gasteiger partial charge on any atom is 0.237 e. The van der Waals surface area contributed by atoms with E-state index in [0.717, 1.165) is 22.4 Å². The summed E-state index contributed by atoms with van der Waals surface area (Å²) in [6.45, 7) is 3.24. The highest BCUT2D eigenvalue weighted by molar-refractivity contribution is 5.83. The molecule has 1 fully saturated rings. The SMILES string of the molecule is COc1ccc(CN2C[C@H](OCc3cccnc3)CN(Cc3c[nH]c4ccccc34)CC2=O)cc1. The number of methoxy groups -OCH3 is 1. The van der Waals surface area contributed by atoms with Crippen LogP contribution in [-0.4, -0.2) is 58.5 Å². The van der Waals surface area contributed by atoms with Gasteiger partial charge in [-0.3, -0.25) is 14.7 Å². The van der Waals surface area contributed by atoms with Crippen LogP contribution in [0.2, 0.25) is 0 Å². The third kappa shape index (κ3) is 5.70. The molecule has 180 valence electrons. The van der Waals surface area contributed by atoms with Crippen molar-refractivity contribution in [2.75, 3.05) is 26.7 Å². The van der Waals surface area contributed by atoms with Gasteiger partial charge in [0.25, 0.3) is 0 Å². The molecule has 0 bridgehead atoms. The fourth-order valence-corrected chi connectivity index (χ4v) is 4.58. The number of carbonyl (C=O) groups excluding carboxylic acids is 1. The van der Waals surface area contributed by atoms with E-state index in [1.165, 1.54) is 10.9 Å². The molecule has 1 amide bonds. The fourth-order valence-electron chi connectivity index (χ4n) is 4.58. The number of rotatable bonds is 8. The average molecular weight is 471 g/mol. The normalized spacial score (nSPS) is 17.0. The Bertz CT molecular complexity index is 1260. The molecule has 4 aromatic rings. The second-order valence-corrected chi connectivity index (χ2v) is 8.95. The summed E-state index contributed by atoms with van der Waals surface area (Å²) in [6, 6.07) is 20.0. The first kappa shape index (κ1) is 23.1. The zero-order chi connectivity index (χ0) is 24.0. The van der Waals surface area contributed by atoms with Crippen LogP contribution in [0.1, 0.15) is 16.7 Å². The molecule has 1 saturated heterocycles. The second kappa shape index (κ2) is 10.7. The number of amides is 1. The first-order valence-electron chi connectivity index (χ1n) is 11.9. The van der Waals surface area contributed by atoms with Crippen molar-refractivity contribution in [2.45, 2.75) is 25.8 Å². The lowest BCUT2D eigenvalue weighted by molar-refractivity contribution is -0.132. The number of hydrogen-bond acceptors (Lipinski definition) is 5. The maximum absolute atomic E-state index is 13.4. The average Bonchev–Trinajstić information content (AvgIpc) is 3.23. The second-order valence-electron chi connectivity index (χ2n) is 8.95. The van der Waals surface area contributed by atoms with Gasteiger partial charge in [0.05, 0.1) is 26.4 Å². The van der Waals surface area contributed by atoms with Gasteiger partial charge in [-0.25, -0.2) is 0 Å². The van der Waals surface area contributed by atoms with Crippen molar-refractivity contribution < 1.29 is 14.3 Å². The Morgan fingerprint density at radius 2 is 1.86 bits per heavy atom. The van der Waals surface area contributed by atoms with Gasteiger partial charge >= 0.3 is 0 Å². The largest absolute Gasteiger partial charge is 0.497 e. The molecule has 0 spiro atoms. The van der Waals surface area contributed by atoms with Gasteiger partial charge in [0, 0.05) is 55.7 Å². The highest BCUT2D eigenvalue weighted by atomic mass is 16.5. The summed E-state index contributed by atoms with van der Waals surface area (Å²) in [5, 5.41) is 1.19. The number of nitrogens with one attached hydrogen (secondary N) is 1. The number of fused-ring (bicyclic) bond motifs is 1. The smallest absolute Gasteiger partial charge is 0.237 e. The Balaban J connectivity index is 1.34. The van der Waals surface area contributed by atoms with Crippen LogP contribution in [0.4, 0.5) is 0 Å². The molecule has 35 heavy (non-hydrogen) atoms. The van der Waals surface area contributed by atoms with Crippen molar-refractivity contribution in [3.8, 4) is 5.75 Å². The molecule has 1 atom stereocenters. The number of carbonyl (C=O) groups is 1. The van der Waals surface area contributed by atoms with E-state index < -0.39 is 0 Å². The minimum absolute atomic E-state index is 0.105. The van der Waals surface area contributed by atoms with E-state index >= 15 is 0 Å². The molecule has 1 aliphatic heterocycles. The first-order chi connectivity index (χ1) is 17.2. The molecule has 1 N–H and O–H groups in total. The number of para-hydroxylation sites is 1. The number of ether oxygens (including phenoxy) is 2. The predicted octanol–water partition coefficient (Wildman–Crippen LogP) is 4.00. The Labute approximate surface area is 205 Å². The molecule has 7 nitrogen and oxygen atoms in total. The lowest BCUT2D eigenvalue weighted by Gasteiger charge is -2.25. The summed E-state index contributed by atoms with van der Waals surface area (Å²) in [5.41, 5.74) is 4.38. The zero-order valence-corrected chi connectivity index (χ0v) is 19.9. The van der Waals surface area contributed by atoms with Crippen molar-refractivity contribution in [3.63, 3.8) is 0 Å². The van der Waals surface area contributed by atoms with E-state index in [1.54, 1.807) is 13.3 Å². The van der Waals surface area contributed by atoms with E-state index in [-0.39, 0.29) is 12.0 Å². The molecule has 1 aliphatic rings. The number of aromatic amines is 1. The fraction of sp³-hybridized carbons (Fsp3) is 0.286. The third-order valence-corrected chi connectivity index (χ3v) is 6.41. The van der Waals surface area contributed by atoms with Crippen molar-refractivity contribution in [1.29, 1.82) is 0 Å². The van der Waals surface area contributed by atoms with Gasteiger partial charge in [-0.05, 0) is 41.0 Å². The van der Waals surface area contributed by atoms with Crippen LogP contribution in [-0.2, 0) is 29.2 Å². The van der Waals surface area contributed by atoms with Crippen LogP contribution >= 0.6 is 0 Å². The van der Waals surface area contributed by atoms with E-state index in [4.69, 9.17) is 9.47 Å². The van der Waals surface area contributed by atoms with E-state index in [1.807, 2.05) is 65.8 Å². The molecule has 0 radical (unpaired) electrons. The minimum atomic E-state index is -0.120. The lowest BCUT2D eigenvalue weighted by atomic mass is 10.1. The Morgan fingerprint density at radius 3 is 2.66 bits per heavy atom. The highest BCUT2D eigenvalue weighted by Gasteiger charge is 2.29. The van der Waals surface area contributed by atoms with Gasteiger partial charge in [-0.1, -0.05) is 36.4 Å². The quantitative estimate of drug-likeness (QED) is 0.422. The van der Waals surface area contributed by atoms with Crippen molar-refractivity contribution in [2.24, 2.45) is 0 Å². The number of H-pyrrole nitrogens is 1. The number of hydrogen-bond donors (Lipinski definition) is 1. The molecule has 2 aromatic heterocycles. The third-order valence-electron chi connectivity index (χ3n) is 6.41.